The molecular weight excluding hydrogens is 326 g/mol. The quantitative estimate of drug-likeness (QED) is 0.712. The highest BCUT2D eigenvalue weighted by atomic mass is 32.1. The Bertz CT molecular complexity index is 884. The Morgan fingerprint density at radius 1 is 1.17 bits per heavy atom. The number of aromatic amines is 1. The van der Waals surface area contributed by atoms with Gasteiger partial charge >= 0.3 is 5.97 Å². The summed E-state index contributed by atoms with van der Waals surface area (Å²) >= 11 is 1.26. The van der Waals surface area contributed by atoms with Gasteiger partial charge in [0.25, 0.3) is 5.91 Å². The zero-order chi connectivity index (χ0) is 17.1. The molecule has 3 aromatic rings. The van der Waals surface area contributed by atoms with Crippen molar-refractivity contribution in [3.8, 4) is 10.7 Å². The third-order valence-corrected chi connectivity index (χ3v) is 4.43. The Hall–Kier alpha value is -2.93. The number of anilines is 1. The lowest BCUT2D eigenvalue weighted by atomic mass is 10.3. The molecule has 0 saturated carbocycles. The third-order valence-electron chi connectivity index (χ3n) is 3.36. The zero-order valence-corrected chi connectivity index (χ0v) is 13.9. The maximum atomic E-state index is 12.4. The number of para-hydroxylation sites is 1. The standard InChI is InChI=1S/C17H15N3O3S/c1-10-14(16(21)19-11-6-4-3-5-7-11)20-15(18-10)12-8-9-13(24-12)17(22)23-2/h3-9H,1-2H3,(H,18,20)(H,19,21). The normalized spacial score (nSPS) is 10.4. The average molecular weight is 341 g/mol. The van der Waals surface area contributed by atoms with Crippen molar-refractivity contribution in [3.05, 3.63) is 58.7 Å². The highest BCUT2D eigenvalue weighted by Gasteiger charge is 2.18. The monoisotopic (exact) mass is 341 g/mol. The van der Waals surface area contributed by atoms with Crippen molar-refractivity contribution in [3.63, 3.8) is 0 Å². The fourth-order valence-corrected chi connectivity index (χ4v) is 3.05. The predicted molar refractivity (Wildman–Crippen MR) is 92.4 cm³/mol. The van der Waals surface area contributed by atoms with Crippen LogP contribution in [0.1, 0.15) is 25.9 Å². The summed E-state index contributed by atoms with van der Waals surface area (Å²) in [7, 11) is 1.34. The van der Waals surface area contributed by atoms with Crippen molar-refractivity contribution in [2.75, 3.05) is 12.4 Å². The number of carbonyl (C=O) groups is 2. The summed E-state index contributed by atoms with van der Waals surface area (Å²) in [5.74, 6) is -0.131. The summed E-state index contributed by atoms with van der Waals surface area (Å²) in [5, 5.41) is 2.80. The van der Waals surface area contributed by atoms with Crippen LogP contribution >= 0.6 is 11.3 Å². The molecule has 0 unspecified atom stereocenters. The molecule has 6 nitrogen and oxygen atoms in total. The van der Waals surface area contributed by atoms with E-state index in [1.165, 1.54) is 18.4 Å². The number of hydrogen-bond acceptors (Lipinski definition) is 5. The molecule has 2 aromatic heterocycles. The first-order chi connectivity index (χ1) is 11.6. The van der Waals surface area contributed by atoms with Crippen LogP contribution in [0.15, 0.2) is 42.5 Å². The Morgan fingerprint density at radius 3 is 2.62 bits per heavy atom. The van der Waals surface area contributed by atoms with Crippen LogP contribution in [-0.2, 0) is 4.74 Å². The highest BCUT2D eigenvalue weighted by Crippen LogP contribution is 2.27. The van der Waals surface area contributed by atoms with Gasteiger partial charge in [-0.05, 0) is 31.2 Å². The molecule has 0 spiro atoms. The van der Waals surface area contributed by atoms with Gasteiger partial charge in [-0.1, -0.05) is 18.2 Å². The van der Waals surface area contributed by atoms with E-state index in [1.807, 2.05) is 30.3 Å². The molecule has 0 aliphatic carbocycles. The minimum Gasteiger partial charge on any atom is -0.465 e. The highest BCUT2D eigenvalue weighted by molar-refractivity contribution is 7.17. The fraction of sp³-hybridized carbons (Fsp3) is 0.118. The lowest BCUT2D eigenvalue weighted by Crippen LogP contribution is -2.13. The van der Waals surface area contributed by atoms with Gasteiger partial charge in [0.15, 0.2) is 0 Å². The molecule has 7 heteroatoms. The topological polar surface area (TPSA) is 84.1 Å². The van der Waals surface area contributed by atoms with Crippen molar-refractivity contribution < 1.29 is 14.3 Å². The number of H-pyrrole nitrogens is 1. The number of aromatic nitrogens is 2. The van der Waals surface area contributed by atoms with E-state index in [2.05, 4.69) is 15.3 Å². The van der Waals surface area contributed by atoms with E-state index in [-0.39, 0.29) is 5.91 Å². The molecule has 0 atom stereocenters. The number of amides is 1. The molecule has 1 amide bonds. The maximum absolute atomic E-state index is 12.4. The van der Waals surface area contributed by atoms with Gasteiger partial charge in [0.1, 0.15) is 16.4 Å². The van der Waals surface area contributed by atoms with Crippen LogP contribution in [0.2, 0.25) is 0 Å². The molecule has 0 aliphatic heterocycles. The van der Waals surface area contributed by atoms with E-state index < -0.39 is 5.97 Å². The largest absolute Gasteiger partial charge is 0.465 e. The number of esters is 1. The predicted octanol–water partition coefficient (Wildman–Crippen LogP) is 3.49. The molecule has 0 radical (unpaired) electrons. The minimum atomic E-state index is -0.392. The summed E-state index contributed by atoms with van der Waals surface area (Å²) in [6, 6.07) is 12.6. The number of nitrogens with zero attached hydrogens (tertiary/aromatic N) is 1. The number of aryl methyl sites for hydroxylation is 1. The number of rotatable bonds is 4. The Balaban J connectivity index is 1.83. The summed E-state index contributed by atoms with van der Waals surface area (Å²) in [6.45, 7) is 1.78. The molecule has 24 heavy (non-hydrogen) atoms. The van der Waals surface area contributed by atoms with Gasteiger partial charge in [0.05, 0.1) is 12.0 Å². The molecule has 0 fully saturated rings. The van der Waals surface area contributed by atoms with Crippen LogP contribution in [0.3, 0.4) is 0 Å². The van der Waals surface area contributed by atoms with E-state index >= 15 is 0 Å². The number of benzene rings is 1. The van der Waals surface area contributed by atoms with Gasteiger partial charge in [0, 0.05) is 11.4 Å². The fourth-order valence-electron chi connectivity index (χ4n) is 2.19. The molecule has 0 aliphatic rings. The molecule has 1 aromatic carbocycles. The van der Waals surface area contributed by atoms with Gasteiger partial charge in [-0.3, -0.25) is 4.79 Å². The second-order valence-electron chi connectivity index (χ2n) is 5.03. The van der Waals surface area contributed by atoms with Crippen molar-refractivity contribution in [2.45, 2.75) is 6.92 Å². The molecule has 0 bridgehead atoms. The number of nitrogens with one attached hydrogen (secondary N) is 2. The first kappa shape index (κ1) is 15.9. The molecule has 2 N–H and O–H groups in total. The number of hydrogen-bond donors (Lipinski definition) is 2. The van der Waals surface area contributed by atoms with Gasteiger partial charge < -0.3 is 15.0 Å². The van der Waals surface area contributed by atoms with E-state index in [4.69, 9.17) is 4.74 Å². The maximum Gasteiger partial charge on any atom is 0.348 e. The molecule has 3 rings (SSSR count). The minimum absolute atomic E-state index is 0.286. The summed E-state index contributed by atoms with van der Waals surface area (Å²) in [4.78, 5) is 32.6. The molecule has 2 heterocycles. The Morgan fingerprint density at radius 2 is 1.92 bits per heavy atom. The molecule has 0 saturated heterocycles. The first-order valence-electron chi connectivity index (χ1n) is 7.20. The van der Waals surface area contributed by atoms with E-state index in [1.54, 1.807) is 19.1 Å². The molecule has 122 valence electrons. The van der Waals surface area contributed by atoms with Gasteiger partial charge in [-0.25, -0.2) is 9.78 Å². The number of imidazole rings is 1. The van der Waals surface area contributed by atoms with Crippen LogP contribution in [-0.4, -0.2) is 29.0 Å². The number of thiophene rings is 1. The van der Waals surface area contributed by atoms with E-state index in [9.17, 15) is 9.59 Å². The number of ether oxygens (including phenoxy) is 1. The van der Waals surface area contributed by atoms with Crippen molar-refractivity contribution in [1.82, 2.24) is 9.97 Å². The van der Waals surface area contributed by atoms with E-state index in [0.29, 0.717) is 27.8 Å². The lowest BCUT2D eigenvalue weighted by Gasteiger charge is -2.02. The van der Waals surface area contributed by atoms with Crippen LogP contribution in [0.5, 0.6) is 0 Å². The number of carbonyl (C=O) groups excluding carboxylic acids is 2. The summed E-state index contributed by atoms with van der Waals surface area (Å²) in [5.41, 5.74) is 1.68. The lowest BCUT2D eigenvalue weighted by molar-refractivity contribution is 0.0606. The van der Waals surface area contributed by atoms with Gasteiger partial charge in [-0.2, -0.15) is 0 Å². The third kappa shape index (κ3) is 3.21. The van der Waals surface area contributed by atoms with Crippen molar-refractivity contribution in [1.29, 1.82) is 0 Å². The SMILES string of the molecule is COC(=O)c1ccc(-c2nc(C(=O)Nc3ccccc3)c(C)[nH]2)s1. The Kier molecular flexibility index (Phi) is 4.43. The molecular formula is C17H15N3O3S. The average Bonchev–Trinajstić information content (AvgIpc) is 3.21. The second kappa shape index (κ2) is 6.67. The van der Waals surface area contributed by atoms with Crippen LogP contribution in [0.4, 0.5) is 5.69 Å². The number of methoxy groups -OCH3 is 1. The van der Waals surface area contributed by atoms with Crippen LogP contribution in [0.25, 0.3) is 10.7 Å². The smallest absolute Gasteiger partial charge is 0.348 e. The van der Waals surface area contributed by atoms with Crippen LogP contribution in [0, 0.1) is 6.92 Å². The van der Waals surface area contributed by atoms with Gasteiger partial charge in [0.2, 0.25) is 0 Å². The first-order valence-corrected chi connectivity index (χ1v) is 8.01. The Labute approximate surface area is 142 Å². The second-order valence-corrected chi connectivity index (χ2v) is 6.12. The van der Waals surface area contributed by atoms with Crippen molar-refractivity contribution >= 4 is 28.9 Å². The summed E-state index contributed by atoms with van der Waals surface area (Å²) in [6.07, 6.45) is 0. The van der Waals surface area contributed by atoms with E-state index in [0.717, 1.165) is 4.88 Å². The van der Waals surface area contributed by atoms with Crippen molar-refractivity contribution in [2.24, 2.45) is 0 Å². The van der Waals surface area contributed by atoms with Crippen LogP contribution < -0.4 is 5.32 Å². The van der Waals surface area contributed by atoms with Gasteiger partial charge in [-0.15, -0.1) is 11.3 Å². The summed E-state index contributed by atoms with van der Waals surface area (Å²) < 4.78 is 4.70. The zero-order valence-electron chi connectivity index (χ0n) is 13.1.